The molecular weight excluding hydrogens is 194 g/mol. The van der Waals surface area contributed by atoms with Crippen LogP contribution in [0, 0.1) is 6.92 Å². The Morgan fingerprint density at radius 3 is 2.50 bits per heavy atom. The third-order valence-electron chi connectivity index (χ3n) is 1.89. The van der Waals surface area contributed by atoms with Gasteiger partial charge in [0.2, 0.25) is 0 Å². The first-order chi connectivity index (χ1) is 6.65. The average molecular weight is 209 g/mol. The fourth-order valence-electron chi connectivity index (χ4n) is 1.08. The fraction of sp³-hybridized carbons (Fsp3) is 0.273. The molecule has 1 aromatic carbocycles. The summed E-state index contributed by atoms with van der Waals surface area (Å²) in [5.74, 6) is 0. The van der Waals surface area contributed by atoms with E-state index in [9.17, 15) is 4.21 Å². The predicted molar refractivity (Wildman–Crippen MR) is 60.4 cm³/mol. The van der Waals surface area contributed by atoms with Gasteiger partial charge in [-0.05, 0) is 19.1 Å². The van der Waals surface area contributed by atoms with Crippen LogP contribution < -0.4 is 0 Å². The second-order valence-corrected chi connectivity index (χ2v) is 4.75. The number of rotatable bonds is 4. The molecule has 3 heteroatoms. The minimum absolute atomic E-state index is 0.625. The Bertz CT molecular complexity index is 332. The van der Waals surface area contributed by atoms with Gasteiger partial charge in [-0.25, -0.2) is 8.51 Å². The molecular formula is C11H15NOS. The minimum Gasteiger partial charge on any atom is -0.237 e. The molecule has 0 aliphatic carbocycles. The Balaban J connectivity index is 2.78. The van der Waals surface area contributed by atoms with Crippen LogP contribution in [0.4, 0.5) is 0 Å². The van der Waals surface area contributed by atoms with E-state index in [0.29, 0.717) is 6.54 Å². The molecule has 0 aliphatic heterocycles. The standard InChI is InChI=1S/C11H15NOS/c1-4-9-12(3)14(13)11-7-5-10(2)6-8-11/h4-8H,1,9H2,2-3H3. The molecule has 0 fully saturated rings. The van der Waals surface area contributed by atoms with Crippen LogP contribution in [0.5, 0.6) is 0 Å². The zero-order chi connectivity index (χ0) is 10.6. The maximum atomic E-state index is 11.8. The molecule has 0 bridgehead atoms. The van der Waals surface area contributed by atoms with Crippen molar-refractivity contribution in [1.29, 1.82) is 0 Å². The van der Waals surface area contributed by atoms with Crippen molar-refractivity contribution in [3.05, 3.63) is 42.5 Å². The van der Waals surface area contributed by atoms with Crippen molar-refractivity contribution in [2.45, 2.75) is 11.8 Å². The van der Waals surface area contributed by atoms with Gasteiger partial charge in [0.15, 0.2) is 0 Å². The summed E-state index contributed by atoms with van der Waals surface area (Å²) in [6.07, 6.45) is 1.74. The van der Waals surface area contributed by atoms with Crippen LogP contribution in [-0.2, 0) is 11.0 Å². The molecule has 0 aromatic heterocycles. The summed E-state index contributed by atoms with van der Waals surface area (Å²) >= 11 is 0. The molecule has 76 valence electrons. The van der Waals surface area contributed by atoms with E-state index in [-0.39, 0.29) is 0 Å². The molecule has 0 aliphatic rings. The predicted octanol–water partition coefficient (Wildman–Crippen LogP) is 2.14. The van der Waals surface area contributed by atoms with E-state index in [0.717, 1.165) is 4.90 Å². The van der Waals surface area contributed by atoms with E-state index in [1.54, 1.807) is 10.4 Å². The first kappa shape index (κ1) is 11.1. The van der Waals surface area contributed by atoms with E-state index >= 15 is 0 Å². The molecule has 1 rings (SSSR count). The molecule has 1 aromatic rings. The topological polar surface area (TPSA) is 20.3 Å². The molecule has 14 heavy (non-hydrogen) atoms. The molecule has 0 spiro atoms. The van der Waals surface area contributed by atoms with Crippen LogP contribution in [-0.4, -0.2) is 22.1 Å². The van der Waals surface area contributed by atoms with Gasteiger partial charge in [0.05, 0.1) is 4.90 Å². The van der Waals surface area contributed by atoms with E-state index in [1.165, 1.54) is 5.56 Å². The molecule has 0 saturated heterocycles. The van der Waals surface area contributed by atoms with Crippen LogP contribution in [0.1, 0.15) is 5.56 Å². The van der Waals surface area contributed by atoms with Crippen molar-refractivity contribution in [2.24, 2.45) is 0 Å². The van der Waals surface area contributed by atoms with Crippen LogP contribution in [0.15, 0.2) is 41.8 Å². The Morgan fingerprint density at radius 2 is 2.00 bits per heavy atom. The highest BCUT2D eigenvalue weighted by atomic mass is 32.2. The molecule has 0 N–H and O–H groups in total. The van der Waals surface area contributed by atoms with E-state index in [4.69, 9.17) is 0 Å². The van der Waals surface area contributed by atoms with Gasteiger partial charge in [0.1, 0.15) is 11.0 Å². The molecule has 1 unspecified atom stereocenters. The number of nitrogens with zero attached hydrogens (tertiary/aromatic N) is 1. The number of hydrogen-bond donors (Lipinski definition) is 0. The van der Waals surface area contributed by atoms with Gasteiger partial charge >= 0.3 is 0 Å². The van der Waals surface area contributed by atoms with Crippen molar-refractivity contribution in [1.82, 2.24) is 4.31 Å². The summed E-state index contributed by atoms with van der Waals surface area (Å²) in [6, 6.07) is 7.72. The van der Waals surface area contributed by atoms with Gasteiger partial charge in [-0.1, -0.05) is 23.8 Å². The Labute approximate surface area is 87.8 Å². The first-order valence-electron chi connectivity index (χ1n) is 4.45. The van der Waals surface area contributed by atoms with Crippen LogP contribution >= 0.6 is 0 Å². The minimum atomic E-state index is -1.07. The largest absolute Gasteiger partial charge is 0.237 e. The zero-order valence-electron chi connectivity index (χ0n) is 8.56. The summed E-state index contributed by atoms with van der Waals surface area (Å²) in [6.45, 7) is 6.25. The highest BCUT2D eigenvalue weighted by Gasteiger charge is 2.07. The number of aryl methyl sites for hydroxylation is 1. The Hall–Kier alpha value is -0.930. The van der Waals surface area contributed by atoms with Gasteiger partial charge in [-0.3, -0.25) is 0 Å². The van der Waals surface area contributed by atoms with Crippen molar-refractivity contribution < 1.29 is 4.21 Å². The SMILES string of the molecule is C=CCN(C)S(=O)c1ccc(C)cc1. The van der Waals surface area contributed by atoms with Crippen LogP contribution in [0.25, 0.3) is 0 Å². The van der Waals surface area contributed by atoms with Gasteiger partial charge in [-0.2, -0.15) is 0 Å². The quantitative estimate of drug-likeness (QED) is 0.696. The lowest BCUT2D eigenvalue weighted by atomic mass is 10.2. The highest BCUT2D eigenvalue weighted by molar-refractivity contribution is 7.82. The summed E-state index contributed by atoms with van der Waals surface area (Å²) in [5.41, 5.74) is 1.18. The average Bonchev–Trinajstić information content (AvgIpc) is 2.18. The molecule has 2 nitrogen and oxygen atoms in total. The van der Waals surface area contributed by atoms with E-state index < -0.39 is 11.0 Å². The Kier molecular flexibility index (Phi) is 4.04. The third-order valence-corrected chi connectivity index (χ3v) is 3.28. The maximum Gasteiger partial charge on any atom is 0.127 e. The molecule has 0 saturated carbocycles. The van der Waals surface area contributed by atoms with Crippen molar-refractivity contribution in [3.8, 4) is 0 Å². The van der Waals surface area contributed by atoms with Gasteiger partial charge < -0.3 is 0 Å². The molecule has 0 heterocycles. The van der Waals surface area contributed by atoms with Crippen LogP contribution in [0.3, 0.4) is 0 Å². The zero-order valence-corrected chi connectivity index (χ0v) is 9.38. The lowest BCUT2D eigenvalue weighted by Crippen LogP contribution is -2.21. The normalized spacial score (nSPS) is 12.8. The second kappa shape index (κ2) is 5.08. The molecule has 0 radical (unpaired) electrons. The lowest BCUT2D eigenvalue weighted by molar-refractivity contribution is 0.569. The van der Waals surface area contributed by atoms with E-state index in [2.05, 4.69) is 6.58 Å². The monoisotopic (exact) mass is 209 g/mol. The summed E-state index contributed by atoms with van der Waals surface area (Å²) < 4.78 is 13.6. The molecule has 0 amide bonds. The van der Waals surface area contributed by atoms with Gasteiger partial charge in [0, 0.05) is 13.6 Å². The Morgan fingerprint density at radius 1 is 1.43 bits per heavy atom. The summed E-state index contributed by atoms with van der Waals surface area (Å²) in [7, 11) is 0.743. The van der Waals surface area contributed by atoms with E-state index in [1.807, 2.05) is 38.2 Å². The number of likely N-dealkylation sites (N-methyl/N-ethyl adjacent to an activating group) is 1. The number of benzene rings is 1. The maximum absolute atomic E-state index is 11.8. The van der Waals surface area contributed by atoms with Crippen molar-refractivity contribution >= 4 is 11.0 Å². The second-order valence-electron chi connectivity index (χ2n) is 3.16. The fourth-order valence-corrected chi connectivity index (χ4v) is 2.05. The van der Waals surface area contributed by atoms with Crippen molar-refractivity contribution in [2.75, 3.05) is 13.6 Å². The van der Waals surface area contributed by atoms with Crippen LogP contribution in [0.2, 0.25) is 0 Å². The van der Waals surface area contributed by atoms with Gasteiger partial charge in [-0.15, -0.1) is 6.58 Å². The first-order valence-corrected chi connectivity index (χ1v) is 5.56. The third kappa shape index (κ3) is 2.79. The number of hydrogen-bond acceptors (Lipinski definition) is 1. The smallest absolute Gasteiger partial charge is 0.127 e. The lowest BCUT2D eigenvalue weighted by Gasteiger charge is -2.13. The molecule has 1 atom stereocenters. The summed E-state index contributed by atoms with van der Waals surface area (Å²) in [5, 5.41) is 0. The van der Waals surface area contributed by atoms with Gasteiger partial charge in [0.25, 0.3) is 0 Å². The highest BCUT2D eigenvalue weighted by Crippen LogP contribution is 2.10. The van der Waals surface area contributed by atoms with Crippen molar-refractivity contribution in [3.63, 3.8) is 0 Å². The summed E-state index contributed by atoms with van der Waals surface area (Å²) in [4.78, 5) is 0.833.